The molecule has 0 aromatic carbocycles. The smallest absolute Gasteiger partial charge is 0.127 e. The van der Waals surface area contributed by atoms with Crippen molar-refractivity contribution < 1.29 is 0 Å². The summed E-state index contributed by atoms with van der Waals surface area (Å²) < 4.78 is 2.32. The Balaban J connectivity index is 1.96. The standard InChI is InChI=1S/C17H29N3/c1-11-5-7-12(8-6-11)14-15(18)20(17(2,3)4)16(19-14)13-9-10-13/h11-13H,5-10,18H2,1-4H3. The first-order valence-electron chi connectivity index (χ1n) is 8.26. The van der Waals surface area contributed by atoms with Gasteiger partial charge in [-0.3, -0.25) is 0 Å². The molecule has 0 aliphatic heterocycles. The van der Waals surface area contributed by atoms with Gasteiger partial charge in [0.25, 0.3) is 0 Å². The minimum atomic E-state index is 0.0369. The number of nitrogen functional groups attached to an aromatic ring is 1. The van der Waals surface area contributed by atoms with E-state index in [0.29, 0.717) is 11.8 Å². The third-order valence-electron chi connectivity index (χ3n) is 4.98. The van der Waals surface area contributed by atoms with Gasteiger partial charge in [0.1, 0.15) is 11.6 Å². The van der Waals surface area contributed by atoms with Crippen LogP contribution >= 0.6 is 0 Å². The molecule has 0 saturated heterocycles. The highest BCUT2D eigenvalue weighted by Gasteiger charge is 2.36. The normalized spacial score (nSPS) is 27.8. The van der Waals surface area contributed by atoms with E-state index in [9.17, 15) is 0 Å². The Morgan fingerprint density at radius 3 is 2.05 bits per heavy atom. The number of nitrogens with two attached hydrogens (primary N) is 1. The van der Waals surface area contributed by atoms with Crippen molar-refractivity contribution in [3.8, 4) is 0 Å². The lowest BCUT2D eigenvalue weighted by atomic mass is 9.81. The van der Waals surface area contributed by atoms with Gasteiger partial charge in [-0.15, -0.1) is 0 Å². The van der Waals surface area contributed by atoms with Crippen molar-refractivity contribution in [2.75, 3.05) is 5.73 Å². The van der Waals surface area contributed by atoms with Crippen molar-refractivity contribution in [2.24, 2.45) is 5.92 Å². The van der Waals surface area contributed by atoms with Crippen LogP contribution < -0.4 is 5.73 Å². The predicted molar refractivity (Wildman–Crippen MR) is 84.0 cm³/mol. The molecule has 0 amide bonds. The monoisotopic (exact) mass is 275 g/mol. The minimum absolute atomic E-state index is 0.0369. The SMILES string of the molecule is CC1CCC(c2nc(C3CC3)n(C(C)(C)C)c2N)CC1. The summed E-state index contributed by atoms with van der Waals surface area (Å²) in [5, 5.41) is 0. The van der Waals surface area contributed by atoms with Crippen LogP contribution in [0.5, 0.6) is 0 Å². The summed E-state index contributed by atoms with van der Waals surface area (Å²) in [6.45, 7) is 9.08. The molecular formula is C17H29N3. The number of rotatable bonds is 2. The molecule has 1 heterocycles. The van der Waals surface area contributed by atoms with Crippen molar-refractivity contribution in [3.05, 3.63) is 11.5 Å². The summed E-state index contributed by atoms with van der Waals surface area (Å²) in [6, 6.07) is 0. The second kappa shape index (κ2) is 4.78. The highest BCUT2D eigenvalue weighted by molar-refractivity contribution is 5.43. The lowest BCUT2D eigenvalue weighted by Crippen LogP contribution is -2.25. The molecule has 20 heavy (non-hydrogen) atoms. The molecule has 2 fully saturated rings. The van der Waals surface area contributed by atoms with Gasteiger partial charge in [0.05, 0.1) is 5.69 Å². The van der Waals surface area contributed by atoms with Gasteiger partial charge in [0.15, 0.2) is 0 Å². The fourth-order valence-corrected chi connectivity index (χ4v) is 3.62. The maximum atomic E-state index is 6.52. The molecule has 0 spiro atoms. The van der Waals surface area contributed by atoms with E-state index in [1.165, 1.54) is 50.0 Å². The first-order chi connectivity index (χ1) is 9.38. The van der Waals surface area contributed by atoms with E-state index in [1.54, 1.807) is 0 Å². The molecule has 0 bridgehead atoms. The largest absolute Gasteiger partial charge is 0.384 e. The molecule has 3 nitrogen and oxygen atoms in total. The maximum absolute atomic E-state index is 6.52. The molecule has 0 radical (unpaired) electrons. The van der Waals surface area contributed by atoms with E-state index in [-0.39, 0.29) is 5.54 Å². The van der Waals surface area contributed by atoms with Crippen LogP contribution in [0.4, 0.5) is 5.82 Å². The van der Waals surface area contributed by atoms with Crippen LogP contribution in [0.25, 0.3) is 0 Å². The van der Waals surface area contributed by atoms with E-state index >= 15 is 0 Å². The van der Waals surface area contributed by atoms with E-state index in [1.807, 2.05) is 0 Å². The Bertz CT molecular complexity index is 483. The van der Waals surface area contributed by atoms with Crippen molar-refractivity contribution in [3.63, 3.8) is 0 Å². The molecule has 2 N–H and O–H groups in total. The number of aromatic nitrogens is 2. The number of hydrogen-bond acceptors (Lipinski definition) is 2. The van der Waals surface area contributed by atoms with Gasteiger partial charge in [0.2, 0.25) is 0 Å². The van der Waals surface area contributed by atoms with Crippen LogP contribution in [0.15, 0.2) is 0 Å². The molecule has 0 atom stereocenters. The van der Waals surface area contributed by atoms with E-state index in [4.69, 9.17) is 10.7 Å². The first-order valence-corrected chi connectivity index (χ1v) is 8.26. The summed E-state index contributed by atoms with van der Waals surface area (Å²) in [4.78, 5) is 5.02. The summed E-state index contributed by atoms with van der Waals surface area (Å²) >= 11 is 0. The lowest BCUT2D eigenvalue weighted by molar-refractivity contribution is 0.344. The molecular weight excluding hydrogens is 246 g/mol. The third-order valence-corrected chi connectivity index (χ3v) is 4.98. The molecule has 2 aliphatic rings. The predicted octanol–water partition coefficient (Wildman–Crippen LogP) is 4.39. The Hall–Kier alpha value is -0.990. The van der Waals surface area contributed by atoms with Crippen LogP contribution in [0.2, 0.25) is 0 Å². The number of imidazole rings is 1. The van der Waals surface area contributed by atoms with Crippen LogP contribution in [0, 0.1) is 5.92 Å². The van der Waals surface area contributed by atoms with Crippen LogP contribution in [-0.4, -0.2) is 9.55 Å². The topological polar surface area (TPSA) is 43.8 Å². The zero-order valence-corrected chi connectivity index (χ0v) is 13.4. The molecule has 3 heteroatoms. The number of hydrogen-bond donors (Lipinski definition) is 1. The Kier molecular flexibility index (Phi) is 3.34. The lowest BCUT2D eigenvalue weighted by Gasteiger charge is -2.27. The van der Waals surface area contributed by atoms with Gasteiger partial charge >= 0.3 is 0 Å². The number of nitrogens with zero attached hydrogens (tertiary/aromatic N) is 2. The Morgan fingerprint density at radius 2 is 1.55 bits per heavy atom. The first kappa shape index (κ1) is 14.0. The van der Waals surface area contributed by atoms with Crippen molar-refractivity contribution in [1.29, 1.82) is 0 Å². The molecule has 2 aliphatic carbocycles. The van der Waals surface area contributed by atoms with E-state index < -0.39 is 0 Å². The van der Waals surface area contributed by atoms with E-state index in [2.05, 4.69) is 32.3 Å². The van der Waals surface area contributed by atoms with Gasteiger partial charge in [-0.2, -0.15) is 0 Å². The molecule has 1 aromatic heterocycles. The Morgan fingerprint density at radius 1 is 1.00 bits per heavy atom. The molecule has 2 saturated carbocycles. The fourth-order valence-electron chi connectivity index (χ4n) is 3.62. The maximum Gasteiger partial charge on any atom is 0.127 e. The van der Waals surface area contributed by atoms with Crippen LogP contribution in [0.3, 0.4) is 0 Å². The zero-order chi connectivity index (χ0) is 14.5. The average molecular weight is 275 g/mol. The third kappa shape index (κ3) is 2.47. The summed E-state index contributed by atoms with van der Waals surface area (Å²) in [5.41, 5.74) is 7.76. The molecule has 1 aromatic rings. The van der Waals surface area contributed by atoms with Gasteiger partial charge < -0.3 is 10.3 Å². The zero-order valence-electron chi connectivity index (χ0n) is 13.4. The fraction of sp³-hybridized carbons (Fsp3) is 0.824. The quantitative estimate of drug-likeness (QED) is 0.869. The summed E-state index contributed by atoms with van der Waals surface area (Å²) in [6.07, 6.45) is 7.74. The van der Waals surface area contributed by atoms with Gasteiger partial charge in [-0.25, -0.2) is 4.98 Å². The average Bonchev–Trinajstić information content (AvgIpc) is 3.13. The summed E-state index contributed by atoms with van der Waals surface area (Å²) in [5.74, 6) is 4.32. The van der Waals surface area contributed by atoms with Gasteiger partial charge in [0, 0.05) is 17.4 Å². The van der Waals surface area contributed by atoms with Crippen LogP contribution in [-0.2, 0) is 5.54 Å². The van der Waals surface area contributed by atoms with Crippen molar-refractivity contribution in [1.82, 2.24) is 9.55 Å². The van der Waals surface area contributed by atoms with Crippen molar-refractivity contribution in [2.45, 2.75) is 83.6 Å². The second-order valence-corrected chi connectivity index (χ2v) is 7.98. The van der Waals surface area contributed by atoms with E-state index in [0.717, 1.165) is 11.7 Å². The summed E-state index contributed by atoms with van der Waals surface area (Å²) in [7, 11) is 0. The molecule has 112 valence electrons. The van der Waals surface area contributed by atoms with Gasteiger partial charge in [-0.1, -0.05) is 19.8 Å². The Labute approximate surface area is 123 Å². The van der Waals surface area contributed by atoms with Gasteiger partial charge in [-0.05, 0) is 52.4 Å². The number of anilines is 1. The second-order valence-electron chi connectivity index (χ2n) is 7.98. The van der Waals surface area contributed by atoms with Crippen molar-refractivity contribution >= 4 is 5.82 Å². The highest BCUT2D eigenvalue weighted by atomic mass is 15.2. The highest BCUT2D eigenvalue weighted by Crippen LogP contribution is 2.45. The molecule has 0 unspecified atom stereocenters. The molecule has 3 rings (SSSR count). The minimum Gasteiger partial charge on any atom is -0.384 e. The van der Waals surface area contributed by atoms with Crippen LogP contribution in [0.1, 0.15) is 89.6 Å².